The van der Waals surface area contributed by atoms with Gasteiger partial charge in [0.05, 0.1) is 13.2 Å². The molecule has 0 aromatic carbocycles. The van der Waals surface area contributed by atoms with Crippen molar-refractivity contribution in [3.05, 3.63) is 0 Å². The van der Waals surface area contributed by atoms with Gasteiger partial charge < -0.3 is 5.21 Å². The van der Waals surface area contributed by atoms with E-state index in [2.05, 4.69) is 0 Å². The molecule has 0 saturated carbocycles. The molecule has 1 rings (SSSR count). The third kappa shape index (κ3) is 2.25. The van der Waals surface area contributed by atoms with Gasteiger partial charge in [0.25, 0.3) is 0 Å². The Kier molecular flexibility index (Phi) is 3.21. The summed E-state index contributed by atoms with van der Waals surface area (Å²) in [7, 11) is 1.52. The maximum atomic E-state index is 9.99. The van der Waals surface area contributed by atoms with Crippen molar-refractivity contribution in [3.8, 4) is 0 Å². The molecule has 0 atom stereocenters. The summed E-state index contributed by atoms with van der Waals surface area (Å²) in [5.74, 6) is 0. The fourth-order valence-electron chi connectivity index (χ4n) is 2.38. The summed E-state index contributed by atoms with van der Waals surface area (Å²) in [5, 5.41) is 11.4. The van der Waals surface area contributed by atoms with Crippen molar-refractivity contribution in [2.45, 2.75) is 57.7 Å². The molecule has 84 valence electrons. The minimum Gasteiger partial charge on any atom is -0.313 e. The highest BCUT2D eigenvalue weighted by Crippen LogP contribution is 2.37. The molecule has 14 heavy (non-hydrogen) atoms. The molecule has 1 aliphatic rings. The molecule has 1 fully saturated rings. The standard InChI is InChI=1S/C10H21NO3/c1-9(2)6-8(14-13-5)7-10(3,4)11(9)12/h8,12H,6-7H2,1-5H3. The maximum Gasteiger partial charge on any atom is 0.0966 e. The topological polar surface area (TPSA) is 41.9 Å². The lowest BCUT2D eigenvalue weighted by molar-refractivity contribution is -0.344. The summed E-state index contributed by atoms with van der Waals surface area (Å²) < 4.78 is 0. The first-order valence-electron chi connectivity index (χ1n) is 4.98. The third-order valence-corrected chi connectivity index (χ3v) is 2.83. The summed E-state index contributed by atoms with van der Waals surface area (Å²) in [5.41, 5.74) is -0.546. The maximum absolute atomic E-state index is 9.99. The van der Waals surface area contributed by atoms with Crippen LogP contribution >= 0.6 is 0 Å². The first kappa shape index (κ1) is 11.9. The van der Waals surface area contributed by atoms with E-state index < -0.39 is 0 Å². The van der Waals surface area contributed by atoms with Gasteiger partial charge in [-0.1, -0.05) is 0 Å². The molecule has 1 N–H and O–H groups in total. The van der Waals surface area contributed by atoms with Gasteiger partial charge in [-0.15, -0.1) is 0 Å². The Labute approximate surface area is 85.7 Å². The van der Waals surface area contributed by atoms with Crippen molar-refractivity contribution in [3.63, 3.8) is 0 Å². The van der Waals surface area contributed by atoms with Crippen LogP contribution in [0.2, 0.25) is 0 Å². The first-order chi connectivity index (χ1) is 6.29. The van der Waals surface area contributed by atoms with Crippen LogP contribution in [0.25, 0.3) is 0 Å². The number of hydroxylamine groups is 2. The number of hydrogen-bond donors (Lipinski definition) is 1. The van der Waals surface area contributed by atoms with E-state index in [0.29, 0.717) is 0 Å². The van der Waals surface area contributed by atoms with Gasteiger partial charge in [0.2, 0.25) is 0 Å². The van der Waals surface area contributed by atoms with Crippen LogP contribution in [-0.4, -0.2) is 34.6 Å². The van der Waals surface area contributed by atoms with Crippen LogP contribution in [0, 0.1) is 0 Å². The number of piperidine rings is 1. The first-order valence-corrected chi connectivity index (χ1v) is 4.98. The largest absolute Gasteiger partial charge is 0.313 e. The molecule has 0 bridgehead atoms. The van der Waals surface area contributed by atoms with Crippen molar-refractivity contribution in [2.24, 2.45) is 0 Å². The molecular formula is C10H21NO3. The van der Waals surface area contributed by atoms with E-state index >= 15 is 0 Å². The Morgan fingerprint density at radius 1 is 1.14 bits per heavy atom. The van der Waals surface area contributed by atoms with Crippen LogP contribution in [0.1, 0.15) is 40.5 Å². The monoisotopic (exact) mass is 203 g/mol. The van der Waals surface area contributed by atoms with Gasteiger partial charge in [0, 0.05) is 11.1 Å². The molecule has 0 aliphatic carbocycles. The van der Waals surface area contributed by atoms with Crippen molar-refractivity contribution >= 4 is 0 Å². The Morgan fingerprint density at radius 3 is 1.93 bits per heavy atom. The van der Waals surface area contributed by atoms with Gasteiger partial charge in [0.15, 0.2) is 0 Å². The third-order valence-electron chi connectivity index (χ3n) is 2.83. The van der Waals surface area contributed by atoms with E-state index in [0.717, 1.165) is 12.8 Å². The molecule has 0 radical (unpaired) electrons. The molecular weight excluding hydrogens is 182 g/mol. The zero-order chi connectivity index (χ0) is 11.0. The number of rotatable bonds is 2. The quantitative estimate of drug-likeness (QED) is 0.550. The Bertz CT molecular complexity index is 186. The average molecular weight is 203 g/mol. The zero-order valence-corrected chi connectivity index (χ0v) is 9.70. The lowest BCUT2D eigenvalue weighted by Crippen LogP contribution is -2.60. The van der Waals surface area contributed by atoms with E-state index in [1.165, 1.54) is 12.2 Å². The normalized spacial score (nSPS) is 27.9. The summed E-state index contributed by atoms with van der Waals surface area (Å²) >= 11 is 0. The Morgan fingerprint density at radius 2 is 1.57 bits per heavy atom. The predicted octanol–water partition coefficient (Wildman–Crippen LogP) is 1.98. The van der Waals surface area contributed by atoms with E-state index in [1.807, 2.05) is 27.7 Å². The fourth-order valence-corrected chi connectivity index (χ4v) is 2.38. The predicted molar refractivity (Wildman–Crippen MR) is 52.9 cm³/mol. The molecule has 1 heterocycles. The Balaban J connectivity index is 2.75. The van der Waals surface area contributed by atoms with Crippen molar-refractivity contribution in [1.29, 1.82) is 0 Å². The van der Waals surface area contributed by atoms with Crippen LogP contribution in [-0.2, 0) is 9.78 Å². The van der Waals surface area contributed by atoms with E-state index in [9.17, 15) is 5.21 Å². The lowest BCUT2D eigenvalue weighted by atomic mass is 9.80. The highest BCUT2D eigenvalue weighted by molar-refractivity contribution is 4.96. The van der Waals surface area contributed by atoms with Crippen LogP contribution in [0.5, 0.6) is 0 Å². The minimum absolute atomic E-state index is 0.0494. The zero-order valence-electron chi connectivity index (χ0n) is 9.70. The molecule has 0 unspecified atom stereocenters. The van der Waals surface area contributed by atoms with Crippen LogP contribution in [0.15, 0.2) is 0 Å². The second kappa shape index (κ2) is 3.77. The van der Waals surface area contributed by atoms with Crippen LogP contribution in [0.4, 0.5) is 0 Å². The van der Waals surface area contributed by atoms with Gasteiger partial charge in [-0.05, 0) is 40.5 Å². The SMILES string of the molecule is COOC1CC(C)(C)N(O)C(C)(C)C1. The molecule has 0 aromatic rings. The summed E-state index contributed by atoms with van der Waals surface area (Å²) in [6.07, 6.45) is 1.58. The van der Waals surface area contributed by atoms with E-state index in [4.69, 9.17) is 9.78 Å². The van der Waals surface area contributed by atoms with Crippen molar-refractivity contribution < 1.29 is 15.0 Å². The summed E-state index contributed by atoms with van der Waals surface area (Å²) in [6, 6.07) is 0. The highest BCUT2D eigenvalue weighted by atomic mass is 17.2. The molecule has 0 spiro atoms. The van der Waals surface area contributed by atoms with Crippen LogP contribution < -0.4 is 0 Å². The molecule has 4 nitrogen and oxygen atoms in total. The molecule has 0 aromatic heterocycles. The van der Waals surface area contributed by atoms with E-state index in [-0.39, 0.29) is 17.2 Å². The van der Waals surface area contributed by atoms with Gasteiger partial charge in [-0.2, -0.15) is 5.06 Å². The average Bonchev–Trinajstić information content (AvgIpc) is 1.99. The van der Waals surface area contributed by atoms with Gasteiger partial charge in [0.1, 0.15) is 0 Å². The Hall–Kier alpha value is -0.160. The number of hydrogen-bond acceptors (Lipinski definition) is 4. The second-order valence-corrected chi connectivity index (χ2v) is 5.23. The summed E-state index contributed by atoms with van der Waals surface area (Å²) in [4.78, 5) is 9.87. The lowest BCUT2D eigenvalue weighted by Gasteiger charge is -2.50. The van der Waals surface area contributed by atoms with Crippen LogP contribution in [0.3, 0.4) is 0 Å². The summed E-state index contributed by atoms with van der Waals surface area (Å²) in [6.45, 7) is 8.00. The van der Waals surface area contributed by atoms with Gasteiger partial charge >= 0.3 is 0 Å². The van der Waals surface area contributed by atoms with Gasteiger partial charge in [-0.3, -0.25) is 0 Å². The highest BCUT2D eigenvalue weighted by Gasteiger charge is 2.45. The van der Waals surface area contributed by atoms with Crippen molar-refractivity contribution in [1.82, 2.24) is 5.06 Å². The van der Waals surface area contributed by atoms with E-state index in [1.54, 1.807) is 0 Å². The molecule has 1 aliphatic heterocycles. The minimum atomic E-state index is -0.273. The molecule has 1 saturated heterocycles. The van der Waals surface area contributed by atoms with Crippen molar-refractivity contribution in [2.75, 3.05) is 7.11 Å². The molecule has 4 heteroatoms. The second-order valence-electron chi connectivity index (χ2n) is 5.23. The number of nitrogens with zero attached hydrogens (tertiary/aromatic N) is 1. The fraction of sp³-hybridized carbons (Fsp3) is 1.00. The molecule has 0 amide bonds. The smallest absolute Gasteiger partial charge is 0.0966 e. The van der Waals surface area contributed by atoms with Gasteiger partial charge in [-0.25, -0.2) is 9.78 Å².